The molecule has 2 N–H and O–H groups in total. The molecule has 0 fully saturated rings. The summed E-state index contributed by atoms with van der Waals surface area (Å²) in [6, 6.07) is 13.4. The first-order chi connectivity index (χ1) is 9.99. The molecular weight excluding hydrogens is 282 g/mol. The highest BCUT2D eigenvalue weighted by Gasteiger charge is 2.08. The van der Waals surface area contributed by atoms with E-state index in [1.54, 1.807) is 13.2 Å². The predicted molar refractivity (Wildman–Crippen MR) is 88.0 cm³/mol. The molecule has 2 aromatic rings. The summed E-state index contributed by atoms with van der Waals surface area (Å²) in [5.74, 6) is 1.60. The van der Waals surface area contributed by atoms with Gasteiger partial charge in [0.1, 0.15) is 5.75 Å². The Bertz CT molecular complexity index is 636. The van der Waals surface area contributed by atoms with Gasteiger partial charge in [0, 0.05) is 16.6 Å². The molecule has 0 amide bonds. The van der Waals surface area contributed by atoms with Crippen LogP contribution < -0.4 is 10.5 Å². The maximum Gasteiger partial charge on any atom is 0.121 e. The number of hydrogen-bond donors (Lipinski definition) is 1. The lowest BCUT2D eigenvalue weighted by Gasteiger charge is -2.09. The van der Waals surface area contributed by atoms with E-state index < -0.39 is 10.8 Å². The smallest absolute Gasteiger partial charge is 0.121 e. The van der Waals surface area contributed by atoms with Gasteiger partial charge in [0.2, 0.25) is 0 Å². The number of anilines is 1. The minimum atomic E-state index is -1.09. The van der Waals surface area contributed by atoms with Crippen molar-refractivity contribution >= 4 is 16.5 Å². The van der Waals surface area contributed by atoms with Gasteiger partial charge in [0.25, 0.3) is 0 Å². The monoisotopic (exact) mass is 303 g/mol. The van der Waals surface area contributed by atoms with E-state index in [9.17, 15) is 4.21 Å². The van der Waals surface area contributed by atoms with Gasteiger partial charge in [-0.25, -0.2) is 0 Å². The normalized spacial score (nSPS) is 12.4. The van der Waals surface area contributed by atoms with Crippen molar-refractivity contribution in [1.29, 1.82) is 0 Å². The Morgan fingerprint density at radius 2 is 1.81 bits per heavy atom. The van der Waals surface area contributed by atoms with Gasteiger partial charge in [-0.2, -0.15) is 0 Å². The third-order valence-electron chi connectivity index (χ3n) is 3.33. The van der Waals surface area contributed by atoms with Crippen molar-refractivity contribution in [3.05, 3.63) is 53.6 Å². The minimum absolute atomic E-state index is 0.433. The van der Waals surface area contributed by atoms with E-state index in [-0.39, 0.29) is 0 Å². The van der Waals surface area contributed by atoms with Crippen LogP contribution in [0.2, 0.25) is 0 Å². The first kappa shape index (κ1) is 15.6. The summed E-state index contributed by atoms with van der Waals surface area (Å²) >= 11 is 0. The largest absolute Gasteiger partial charge is 0.497 e. The average molecular weight is 303 g/mol. The Hall–Kier alpha value is -1.81. The molecule has 0 saturated carbocycles. The quantitative estimate of drug-likeness (QED) is 0.857. The fourth-order valence-electron chi connectivity index (χ4n) is 2.13. The van der Waals surface area contributed by atoms with Crippen molar-refractivity contribution in [2.24, 2.45) is 0 Å². The predicted octanol–water partition coefficient (Wildman–Crippen LogP) is 3.71. The van der Waals surface area contributed by atoms with Crippen LogP contribution in [0.5, 0.6) is 5.75 Å². The van der Waals surface area contributed by atoms with E-state index in [2.05, 4.69) is 13.8 Å². The Labute approximate surface area is 128 Å². The van der Waals surface area contributed by atoms with E-state index in [0.29, 0.717) is 23.1 Å². The lowest BCUT2D eigenvalue weighted by Crippen LogP contribution is -1.99. The summed E-state index contributed by atoms with van der Waals surface area (Å²) in [6.45, 7) is 4.29. The molecule has 0 aromatic heterocycles. The molecule has 0 saturated heterocycles. The first-order valence-corrected chi connectivity index (χ1v) is 8.23. The van der Waals surface area contributed by atoms with Crippen LogP contribution in [0.1, 0.15) is 30.9 Å². The Morgan fingerprint density at radius 1 is 1.14 bits per heavy atom. The molecule has 0 aliphatic heterocycles. The van der Waals surface area contributed by atoms with Crippen molar-refractivity contribution in [2.75, 3.05) is 12.8 Å². The molecule has 0 radical (unpaired) electrons. The zero-order valence-corrected chi connectivity index (χ0v) is 13.4. The van der Waals surface area contributed by atoms with E-state index >= 15 is 0 Å². The molecule has 2 aromatic carbocycles. The summed E-state index contributed by atoms with van der Waals surface area (Å²) in [4.78, 5) is 0.834. The first-order valence-electron chi connectivity index (χ1n) is 6.91. The van der Waals surface area contributed by atoms with Gasteiger partial charge in [0.15, 0.2) is 0 Å². The third-order valence-corrected chi connectivity index (χ3v) is 4.73. The van der Waals surface area contributed by atoms with Crippen LogP contribution in [-0.2, 0) is 16.6 Å². The highest BCUT2D eigenvalue weighted by atomic mass is 32.2. The van der Waals surface area contributed by atoms with Crippen LogP contribution in [0.25, 0.3) is 0 Å². The van der Waals surface area contributed by atoms with Crippen LogP contribution in [0.3, 0.4) is 0 Å². The molecule has 0 aliphatic rings. The second kappa shape index (κ2) is 6.76. The van der Waals surface area contributed by atoms with E-state index in [4.69, 9.17) is 10.5 Å². The van der Waals surface area contributed by atoms with Gasteiger partial charge in [-0.3, -0.25) is 4.21 Å². The summed E-state index contributed by atoms with van der Waals surface area (Å²) in [5, 5.41) is 0. The van der Waals surface area contributed by atoms with E-state index in [1.807, 2.05) is 36.4 Å². The fraction of sp³-hybridized carbons (Fsp3) is 0.294. The number of nitrogens with two attached hydrogens (primary N) is 1. The van der Waals surface area contributed by atoms with Crippen molar-refractivity contribution in [3.8, 4) is 5.75 Å². The standard InChI is InChI=1S/C17H21NO2S/c1-12(2)14-4-6-17(7-5-14)21(19)11-13-8-15(18)10-16(9-13)20-3/h4-10,12H,11,18H2,1-3H3. The number of hydrogen-bond acceptors (Lipinski definition) is 3. The molecule has 0 spiro atoms. The van der Waals surface area contributed by atoms with Gasteiger partial charge in [-0.15, -0.1) is 0 Å². The molecule has 0 bridgehead atoms. The molecule has 2 rings (SSSR count). The second-order valence-corrected chi connectivity index (χ2v) is 6.78. The Kier molecular flexibility index (Phi) is 5.02. The lowest BCUT2D eigenvalue weighted by atomic mass is 10.0. The average Bonchev–Trinajstić information content (AvgIpc) is 2.46. The number of ether oxygens (including phenoxy) is 1. The van der Waals surface area contributed by atoms with Crippen molar-refractivity contribution in [1.82, 2.24) is 0 Å². The Balaban J connectivity index is 2.15. The van der Waals surface area contributed by atoms with Gasteiger partial charge >= 0.3 is 0 Å². The highest BCUT2D eigenvalue weighted by molar-refractivity contribution is 7.84. The van der Waals surface area contributed by atoms with E-state index in [1.165, 1.54) is 5.56 Å². The highest BCUT2D eigenvalue weighted by Crippen LogP contribution is 2.22. The molecule has 4 heteroatoms. The van der Waals surface area contributed by atoms with Crippen molar-refractivity contribution < 1.29 is 8.95 Å². The SMILES string of the molecule is COc1cc(N)cc(CS(=O)c2ccc(C(C)C)cc2)c1. The van der Waals surface area contributed by atoms with Crippen LogP contribution in [0.4, 0.5) is 5.69 Å². The van der Waals surface area contributed by atoms with Gasteiger partial charge in [-0.05, 0) is 41.3 Å². The maximum atomic E-state index is 12.4. The number of rotatable bonds is 5. The molecule has 0 heterocycles. The zero-order chi connectivity index (χ0) is 15.4. The van der Waals surface area contributed by atoms with Crippen LogP contribution in [-0.4, -0.2) is 11.3 Å². The summed E-state index contributed by atoms with van der Waals surface area (Å²) < 4.78 is 17.6. The number of methoxy groups -OCH3 is 1. The summed E-state index contributed by atoms with van der Waals surface area (Å²) in [5.41, 5.74) is 8.61. The number of benzene rings is 2. The van der Waals surface area contributed by atoms with Crippen LogP contribution in [0.15, 0.2) is 47.4 Å². The van der Waals surface area contributed by atoms with Gasteiger partial charge in [-0.1, -0.05) is 26.0 Å². The summed E-state index contributed by atoms with van der Waals surface area (Å²) in [6.07, 6.45) is 0. The topological polar surface area (TPSA) is 52.3 Å². The Morgan fingerprint density at radius 3 is 2.38 bits per heavy atom. The molecule has 112 valence electrons. The van der Waals surface area contributed by atoms with Crippen LogP contribution >= 0.6 is 0 Å². The maximum absolute atomic E-state index is 12.4. The molecule has 21 heavy (non-hydrogen) atoms. The number of nitrogen functional groups attached to an aromatic ring is 1. The summed E-state index contributed by atoms with van der Waals surface area (Å²) in [7, 11) is 0.512. The molecule has 1 unspecified atom stereocenters. The van der Waals surface area contributed by atoms with Gasteiger partial charge in [0.05, 0.1) is 23.7 Å². The van der Waals surface area contributed by atoms with Gasteiger partial charge < -0.3 is 10.5 Å². The van der Waals surface area contributed by atoms with Crippen molar-refractivity contribution in [3.63, 3.8) is 0 Å². The van der Waals surface area contributed by atoms with Crippen LogP contribution in [0, 0.1) is 0 Å². The molecule has 1 atom stereocenters. The molecule has 0 aliphatic carbocycles. The third kappa shape index (κ3) is 4.08. The van der Waals surface area contributed by atoms with Crippen molar-refractivity contribution in [2.45, 2.75) is 30.4 Å². The second-order valence-electron chi connectivity index (χ2n) is 5.33. The van der Waals surface area contributed by atoms with E-state index in [0.717, 1.165) is 10.5 Å². The fourth-order valence-corrected chi connectivity index (χ4v) is 3.20. The lowest BCUT2D eigenvalue weighted by molar-refractivity contribution is 0.414. The molecular formula is C17H21NO2S. The minimum Gasteiger partial charge on any atom is -0.497 e. The molecule has 3 nitrogen and oxygen atoms in total. The zero-order valence-electron chi connectivity index (χ0n) is 12.6.